The van der Waals surface area contributed by atoms with Crippen LogP contribution in [0, 0.1) is 0 Å². The number of aliphatic hydroxyl groups excluding tert-OH is 1. The molecule has 4 aliphatic rings. The van der Waals surface area contributed by atoms with Crippen LogP contribution in [-0.2, 0) is 12.8 Å². The van der Waals surface area contributed by atoms with E-state index in [1.54, 1.807) is 6.07 Å². The van der Waals surface area contributed by atoms with E-state index in [1.165, 1.54) is 0 Å². The van der Waals surface area contributed by atoms with Crippen molar-refractivity contribution in [3.63, 3.8) is 0 Å². The van der Waals surface area contributed by atoms with Crippen LogP contribution in [0.2, 0.25) is 0 Å². The van der Waals surface area contributed by atoms with E-state index >= 15 is 0 Å². The third kappa shape index (κ3) is 5.72. The molecule has 4 heterocycles. The highest BCUT2D eigenvalue weighted by molar-refractivity contribution is 6.02. The highest BCUT2D eigenvalue weighted by atomic mass is 16.3. The number of aliphatic hydroxyl groups is 1. The lowest BCUT2D eigenvalue weighted by atomic mass is 9.95. The van der Waals surface area contributed by atoms with E-state index in [1.807, 2.05) is 15.9 Å². The van der Waals surface area contributed by atoms with E-state index in [-0.39, 0.29) is 17.6 Å². The number of fused-ring (bicyclic) bond motifs is 2. The Labute approximate surface area is 224 Å². The fraction of sp³-hybridized carbons (Fsp3) is 0.607. The summed E-state index contributed by atoms with van der Waals surface area (Å²) in [5.41, 5.74) is 4.83. The Morgan fingerprint density at radius 2 is 1.29 bits per heavy atom. The highest BCUT2D eigenvalue weighted by Gasteiger charge is 2.27. The second kappa shape index (κ2) is 11.4. The monoisotopic (exact) mass is 524 g/mol. The van der Waals surface area contributed by atoms with Crippen molar-refractivity contribution in [1.29, 1.82) is 0 Å². The molecule has 38 heavy (non-hydrogen) atoms. The number of carbonyl (C=O) groups is 3. The van der Waals surface area contributed by atoms with E-state index < -0.39 is 6.10 Å². The average Bonchev–Trinajstić information content (AvgIpc) is 3.56. The molecule has 10 nitrogen and oxygen atoms in total. The van der Waals surface area contributed by atoms with Gasteiger partial charge in [0.05, 0.1) is 6.10 Å². The van der Waals surface area contributed by atoms with E-state index in [9.17, 15) is 19.5 Å². The number of rotatable bonds is 2. The van der Waals surface area contributed by atoms with Crippen molar-refractivity contribution in [2.24, 2.45) is 0 Å². The molecule has 2 aromatic heterocycles. The zero-order valence-corrected chi connectivity index (χ0v) is 22.6. The molecule has 2 fully saturated rings. The average molecular weight is 525 g/mol. The maximum atomic E-state index is 12.4. The minimum atomic E-state index is -0.408. The summed E-state index contributed by atoms with van der Waals surface area (Å²) in [6, 6.07) is 3.59. The van der Waals surface area contributed by atoms with Gasteiger partial charge in [-0.3, -0.25) is 14.4 Å². The lowest BCUT2D eigenvalue weighted by Crippen LogP contribution is -2.47. The predicted octanol–water partition coefficient (Wildman–Crippen LogP) is 1.69. The fourth-order valence-corrected chi connectivity index (χ4v) is 5.74. The molecule has 206 valence electrons. The Morgan fingerprint density at radius 3 is 1.84 bits per heavy atom. The van der Waals surface area contributed by atoms with Gasteiger partial charge in [-0.2, -0.15) is 0 Å². The number of ketones is 1. The quantitative estimate of drug-likeness (QED) is 0.551. The Kier molecular flexibility index (Phi) is 8.01. The minimum absolute atomic E-state index is 0.0234. The van der Waals surface area contributed by atoms with Gasteiger partial charge in [0, 0.05) is 81.3 Å². The number of aromatic nitrogens is 2. The third-order valence-corrected chi connectivity index (χ3v) is 8.27. The van der Waals surface area contributed by atoms with Gasteiger partial charge < -0.3 is 34.7 Å². The molecule has 2 aliphatic heterocycles. The number of likely N-dealkylation sites (N-methyl/N-ethyl adjacent to an activating group) is 2. The number of amides is 2. The summed E-state index contributed by atoms with van der Waals surface area (Å²) in [6.45, 7) is 6.74. The lowest BCUT2D eigenvalue weighted by Gasteiger charge is -2.32. The molecular weight excluding hydrogens is 484 g/mol. The number of hydrogen-bond acceptors (Lipinski definition) is 6. The Balaban J connectivity index is 0.000000155. The number of aryl methyl sites for hydroxylation is 2. The topological polar surface area (TPSA) is 116 Å². The van der Waals surface area contributed by atoms with Gasteiger partial charge in [0.2, 0.25) is 0 Å². The predicted molar refractivity (Wildman–Crippen MR) is 144 cm³/mol. The number of Topliss-reactive ketones (excluding diaryl/α,β-unsaturated/α-hetero) is 1. The van der Waals surface area contributed by atoms with Crippen molar-refractivity contribution in [2.75, 3.05) is 66.5 Å². The normalized spacial score (nSPS) is 22.4. The van der Waals surface area contributed by atoms with Crippen LogP contribution in [0.4, 0.5) is 0 Å². The molecule has 3 N–H and O–H groups in total. The van der Waals surface area contributed by atoms with E-state index in [2.05, 4.69) is 33.9 Å². The Hall–Kier alpha value is -2.95. The number of aromatic amines is 2. The molecule has 10 heteroatoms. The van der Waals surface area contributed by atoms with Gasteiger partial charge in [0.1, 0.15) is 11.4 Å². The summed E-state index contributed by atoms with van der Waals surface area (Å²) in [4.78, 5) is 51.2. The summed E-state index contributed by atoms with van der Waals surface area (Å²) < 4.78 is 0. The van der Waals surface area contributed by atoms with E-state index in [4.69, 9.17) is 0 Å². The van der Waals surface area contributed by atoms with Crippen LogP contribution in [-0.4, -0.2) is 119 Å². The molecule has 1 atom stereocenters. The Morgan fingerprint density at radius 1 is 0.763 bits per heavy atom. The van der Waals surface area contributed by atoms with Gasteiger partial charge in [-0.05, 0) is 58.3 Å². The number of carbonyl (C=O) groups excluding carboxylic acids is 3. The molecule has 6 rings (SSSR count). The maximum Gasteiger partial charge on any atom is 0.270 e. The van der Waals surface area contributed by atoms with Crippen molar-refractivity contribution < 1.29 is 19.5 Å². The van der Waals surface area contributed by atoms with Crippen LogP contribution in [0.1, 0.15) is 80.1 Å². The second-order valence-corrected chi connectivity index (χ2v) is 11.1. The van der Waals surface area contributed by atoms with E-state index in [0.717, 1.165) is 107 Å². The van der Waals surface area contributed by atoms with E-state index in [0.29, 0.717) is 17.8 Å². The molecule has 0 saturated carbocycles. The van der Waals surface area contributed by atoms with Crippen LogP contribution < -0.4 is 0 Å². The molecular formula is C28H40N6O4. The van der Waals surface area contributed by atoms with Gasteiger partial charge in [-0.25, -0.2) is 0 Å². The molecule has 0 aromatic carbocycles. The van der Waals surface area contributed by atoms with Gasteiger partial charge >= 0.3 is 0 Å². The van der Waals surface area contributed by atoms with Crippen LogP contribution in [0.3, 0.4) is 0 Å². The van der Waals surface area contributed by atoms with Crippen LogP contribution >= 0.6 is 0 Å². The molecule has 2 aliphatic carbocycles. The van der Waals surface area contributed by atoms with Gasteiger partial charge in [-0.15, -0.1) is 0 Å². The molecule has 0 bridgehead atoms. The first-order chi connectivity index (χ1) is 18.3. The van der Waals surface area contributed by atoms with Crippen molar-refractivity contribution in [1.82, 2.24) is 29.6 Å². The van der Waals surface area contributed by atoms with Crippen molar-refractivity contribution >= 4 is 17.6 Å². The first-order valence-corrected chi connectivity index (χ1v) is 13.9. The SMILES string of the molecule is CN1CCN(C(=O)c2cc3c([nH]2)CCCC3=O)CC1.CN1CCN(C(=O)c2cc3c([nH]2)CCCC3O)CC1. The van der Waals surface area contributed by atoms with Gasteiger partial charge in [0.25, 0.3) is 11.8 Å². The molecule has 1 unspecified atom stereocenters. The Bertz CT molecular complexity index is 1170. The molecule has 2 aromatic rings. The number of H-pyrrole nitrogens is 2. The van der Waals surface area contributed by atoms with Gasteiger partial charge in [0.15, 0.2) is 5.78 Å². The highest BCUT2D eigenvalue weighted by Crippen LogP contribution is 2.30. The largest absolute Gasteiger partial charge is 0.388 e. The number of nitrogens with zero attached hydrogens (tertiary/aromatic N) is 4. The van der Waals surface area contributed by atoms with Crippen LogP contribution in [0.15, 0.2) is 12.1 Å². The number of hydrogen-bond donors (Lipinski definition) is 3. The molecule has 2 amide bonds. The first kappa shape index (κ1) is 26.6. The van der Waals surface area contributed by atoms with Crippen molar-refractivity contribution in [3.05, 3.63) is 46.0 Å². The molecule has 0 radical (unpaired) electrons. The van der Waals surface area contributed by atoms with Gasteiger partial charge in [-0.1, -0.05) is 0 Å². The fourth-order valence-electron chi connectivity index (χ4n) is 5.74. The first-order valence-electron chi connectivity index (χ1n) is 13.9. The second-order valence-electron chi connectivity index (χ2n) is 11.1. The van der Waals surface area contributed by atoms with Crippen LogP contribution in [0.5, 0.6) is 0 Å². The maximum absolute atomic E-state index is 12.4. The summed E-state index contributed by atoms with van der Waals surface area (Å²) in [7, 11) is 4.14. The van der Waals surface area contributed by atoms with Crippen molar-refractivity contribution in [3.8, 4) is 0 Å². The molecule has 0 spiro atoms. The smallest absolute Gasteiger partial charge is 0.270 e. The molecule has 2 saturated heterocycles. The lowest BCUT2D eigenvalue weighted by molar-refractivity contribution is 0.0652. The summed E-state index contributed by atoms with van der Waals surface area (Å²) in [5, 5.41) is 9.95. The number of piperazine rings is 2. The minimum Gasteiger partial charge on any atom is -0.388 e. The summed E-state index contributed by atoms with van der Waals surface area (Å²) in [5.74, 6) is 0.250. The third-order valence-electron chi connectivity index (χ3n) is 8.27. The summed E-state index contributed by atoms with van der Waals surface area (Å²) in [6.07, 6.45) is 4.67. The van der Waals surface area contributed by atoms with Crippen LogP contribution in [0.25, 0.3) is 0 Å². The standard InChI is InChI=1S/C14H21N3O2.C14H19N3O2/c2*1-16-5-7-17(8-6-16)14(19)12-9-10-11(15-12)3-2-4-13(10)18/h9,13,15,18H,2-8H2,1H3;9,15H,2-8H2,1H3. The summed E-state index contributed by atoms with van der Waals surface area (Å²) >= 11 is 0. The van der Waals surface area contributed by atoms with Crippen molar-refractivity contribution in [2.45, 2.75) is 44.6 Å². The zero-order valence-electron chi connectivity index (χ0n) is 22.6. The zero-order chi connectivity index (χ0) is 26.8. The number of nitrogens with one attached hydrogen (secondary N) is 2.